The molecule has 2 rings (SSSR count). The standard InChI is InChI=1S/C13H21N3O/c1-2-5-11-8-12(16-10-15-11)17-9-13(14)6-3-4-7-13/h8,10H,2-7,9,14H2,1H3. The van der Waals surface area contributed by atoms with Crippen LogP contribution in [0.25, 0.3) is 0 Å². The molecular formula is C13H21N3O. The van der Waals surface area contributed by atoms with Gasteiger partial charge in [-0.3, -0.25) is 0 Å². The van der Waals surface area contributed by atoms with E-state index < -0.39 is 0 Å². The zero-order valence-corrected chi connectivity index (χ0v) is 10.5. The van der Waals surface area contributed by atoms with Crippen LogP contribution in [0.1, 0.15) is 44.7 Å². The van der Waals surface area contributed by atoms with Gasteiger partial charge in [0.2, 0.25) is 5.88 Å². The van der Waals surface area contributed by atoms with Crippen molar-refractivity contribution in [3.8, 4) is 5.88 Å². The summed E-state index contributed by atoms with van der Waals surface area (Å²) in [6.07, 6.45) is 8.15. The highest BCUT2D eigenvalue weighted by Crippen LogP contribution is 2.27. The molecule has 1 aromatic heterocycles. The van der Waals surface area contributed by atoms with Gasteiger partial charge >= 0.3 is 0 Å². The summed E-state index contributed by atoms with van der Waals surface area (Å²) in [4.78, 5) is 8.33. The Morgan fingerprint density at radius 3 is 2.82 bits per heavy atom. The SMILES string of the molecule is CCCc1cc(OCC2(N)CCCC2)ncn1. The minimum absolute atomic E-state index is 0.143. The molecule has 2 N–H and O–H groups in total. The first-order valence-corrected chi connectivity index (χ1v) is 6.44. The van der Waals surface area contributed by atoms with Gasteiger partial charge in [-0.25, -0.2) is 9.97 Å². The van der Waals surface area contributed by atoms with Gasteiger partial charge in [0.25, 0.3) is 0 Å². The van der Waals surface area contributed by atoms with Crippen LogP contribution in [0.3, 0.4) is 0 Å². The van der Waals surface area contributed by atoms with E-state index >= 15 is 0 Å². The molecule has 1 saturated carbocycles. The molecule has 0 aromatic carbocycles. The molecule has 4 nitrogen and oxygen atoms in total. The summed E-state index contributed by atoms with van der Waals surface area (Å²) >= 11 is 0. The fraction of sp³-hybridized carbons (Fsp3) is 0.692. The van der Waals surface area contributed by atoms with E-state index in [2.05, 4.69) is 16.9 Å². The second-order valence-electron chi connectivity index (χ2n) is 4.96. The fourth-order valence-corrected chi connectivity index (χ4v) is 2.29. The molecular weight excluding hydrogens is 214 g/mol. The predicted octanol–water partition coefficient (Wildman–Crippen LogP) is 2.08. The lowest BCUT2D eigenvalue weighted by Gasteiger charge is -2.23. The van der Waals surface area contributed by atoms with Gasteiger partial charge in [-0.05, 0) is 19.3 Å². The van der Waals surface area contributed by atoms with Crippen molar-refractivity contribution in [1.29, 1.82) is 0 Å². The van der Waals surface area contributed by atoms with Crippen molar-refractivity contribution >= 4 is 0 Å². The van der Waals surface area contributed by atoms with Gasteiger partial charge in [-0.1, -0.05) is 26.2 Å². The minimum atomic E-state index is -0.143. The summed E-state index contributed by atoms with van der Waals surface area (Å²) in [6, 6.07) is 1.92. The van der Waals surface area contributed by atoms with Crippen LogP contribution in [-0.4, -0.2) is 22.1 Å². The van der Waals surface area contributed by atoms with Crippen LogP contribution >= 0.6 is 0 Å². The Kier molecular flexibility index (Phi) is 3.94. The first-order valence-electron chi connectivity index (χ1n) is 6.44. The first kappa shape index (κ1) is 12.3. The van der Waals surface area contributed by atoms with Crippen LogP contribution in [0.2, 0.25) is 0 Å². The van der Waals surface area contributed by atoms with Crippen molar-refractivity contribution in [2.45, 2.75) is 51.0 Å². The maximum absolute atomic E-state index is 6.24. The van der Waals surface area contributed by atoms with Gasteiger partial charge in [0.15, 0.2) is 0 Å². The highest BCUT2D eigenvalue weighted by atomic mass is 16.5. The Balaban J connectivity index is 1.91. The van der Waals surface area contributed by atoms with E-state index in [4.69, 9.17) is 10.5 Å². The third-order valence-corrected chi connectivity index (χ3v) is 3.31. The maximum atomic E-state index is 6.24. The molecule has 1 aromatic rings. The number of aryl methyl sites for hydroxylation is 1. The summed E-state index contributed by atoms with van der Waals surface area (Å²) in [5, 5.41) is 0. The molecule has 0 saturated heterocycles. The molecule has 0 radical (unpaired) electrons. The van der Waals surface area contributed by atoms with Gasteiger partial charge in [0.05, 0.1) is 5.54 Å². The number of ether oxygens (including phenoxy) is 1. The largest absolute Gasteiger partial charge is 0.476 e. The summed E-state index contributed by atoms with van der Waals surface area (Å²) in [5.74, 6) is 0.653. The quantitative estimate of drug-likeness (QED) is 0.848. The highest BCUT2D eigenvalue weighted by molar-refractivity contribution is 5.14. The molecule has 1 fully saturated rings. The van der Waals surface area contributed by atoms with Gasteiger partial charge in [0.1, 0.15) is 12.9 Å². The molecule has 0 amide bonds. The first-order chi connectivity index (χ1) is 8.22. The van der Waals surface area contributed by atoms with Crippen LogP contribution in [0, 0.1) is 0 Å². The predicted molar refractivity (Wildman–Crippen MR) is 66.9 cm³/mol. The normalized spacial score (nSPS) is 18.2. The number of hydrogen-bond donors (Lipinski definition) is 1. The third kappa shape index (κ3) is 3.40. The molecule has 4 heteroatoms. The molecule has 0 unspecified atom stereocenters. The van der Waals surface area contributed by atoms with Crippen LogP contribution in [-0.2, 0) is 6.42 Å². The minimum Gasteiger partial charge on any atom is -0.476 e. The average Bonchev–Trinajstić information content (AvgIpc) is 2.76. The van der Waals surface area contributed by atoms with Crippen molar-refractivity contribution in [2.75, 3.05) is 6.61 Å². The summed E-state index contributed by atoms with van der Waals surface area (Å²) in [7, 11) is 0. The van der Waals surface area contributed by atoms with Gasteiger partial charge in [0, 0.05) is 11.8 Å². The van der Waals surface area contributed by atoms with E-state index in [1.165, 1.54) is 12.8 Å². The summed E-state index contributed by atoms with van der Waals surface area (Å²) < 4.78 is 5.70. The lowest BCUT2D eigenvalue weighted by Crippen LogP contribution is -2.42. The molecule has 0 spiro atoms. The number of hydrogen-bond acceptors (Lipinski definition) is 4. The van der Waals surface area contributed by atoms with Gasteiger partial charge in [-0.15, -0.1) is 0 Å². The van der Waals surface area contributed by atoms with E-state index in [-0.39, 0.29) is 5.54 Å². The number of nitrogens with two attached hydrogens (primary N) is 1. The molecule has 94 valence electrons. The Labute approximate surface area is 103 Å². The van der Waals surface area contributed by atoms with Crippen molar-refractivity contribution < 1.29 is 4.74 Å². The second kappa shape index (κ2) is 5.45. The van der Waals surface area contributed by atoms with Crippen molar-refractivity contribution in [2.24, 2.45) is 5.73 Å². The Hall–Kier alpha value is -1.16. The summed E-state index contributed by atoms with van der Waals surface area (Å²) in [6.45, 7) is 2.70. The van der Waals surface area contributed by atoms with Crippen molar-refractivity contribution in [3.05, 3.63) is 18.1 Å². The Morgan fingerprint density at radius 2 is 2.12 bits per heavy atom. The molecule has 0 bridgehead atoms. The lowest BCUT2D eigenvalue weighted by molar-refractivity contribution is 0.213. The molecule has 1 aliphatic rings. The zero-order chi connectivity index (χ0) is 12.1. The molecule has 0 atom stereocenters. The second-order valence-corrected chi connectivity index (χ2v) is 4.96. The monoisotopic (exact) mass is 235 g/mol. The smallest absolute Gasteiger partial charge is 0.216 e. The molecule has 1 aliphatic carbocycles. The van der Waals surface area contributed by atoms with Crippen molar-refractivity contribution in [3.63, 3.8) is 0 Å². The van der Waals surface area contributed by atoms with E-state index in [1.54, 1.807) is 6.33 Å². The maximum Gasteiger partial charge on any atom is 0.216 e. The van der Waals surface area contributed by atoms with E-state index in [9.17, 15) is 0 Å². The number of nitrogens with zero attached hydrogens (tertiary/aromatic N) is 2. The number of aromatic nitrogens is 2. The Morgan fingerprint density at radius 1 is 1.35 bits per heavy atom. The van der Waals surface area contributed by atoms with E-state index in [1.807, 2.05) is 6.07 Å². The topological polar surface area (TPSA) is 61.0 Å². The van der Waals surface area contributed by atoms with Gasteiger partial charge in [-0.2, -0.15) is 0 Å². The molecule has 0 aliphatic heterocycles. The van der Waals surface area contributed by atoms with Crippen molar-refractivity contribution in [1.82, 2.24) is 9.97 Å². The number of rotatable bonds is 5. The lowest BCUT2D eigenvalue weighted by atomic mass is 10.0. The fourth-order valence-electron chi connectivity index (χ4n) is 2.29. The Bertz CT molecular complexity index is 361. The van der Waals surface area contributed by atoms with Crippen LogP contribution < -0.4 is 10.5 Å². The third-order valence-electron chi connectivity index (χ3n) is 3.31. The molecule has 1 heterocycles. The average molecular weight is 235 g/mol. The van der Waals surface area contributed by atoms with Gasteiger partial charge < -0.3 is 10.5 Å². The van der Waals surface area contributed by atoms with Crippen LogP contribution in [0.15, 0.2) is 12.4 Å². The van der Waals surface area contributed by atoms with E-state index in [0.717, 1.165) is 31.4 Å². The van der Waals surface area contributed by atoms with Crippen LogP contribution in [0.5, 0.6) is 5.88 Å². The highest BCUT2D eigenvalue weighted by Gasteiger charge is 2.30. The van der Waals surface area contributed by atoms with E-state index in [0.29, 0.717) is 12.5 Å². The molecule has 17 heavy (non-hydrogen) atoms. The summed E-state index contributed by atoms with van der Waals surface area (Å²) in [5.41, 5.74) is 7.13. The zero-order valence-electron chi connectivity index (χ0n) is 10.5. The van der Waals surface area contributed by atoms with Crippen LogP contribution in [0.4, 0.5) is 0 Å².